The lowest BCUT2D eigenvalue weighted by molar-refractivity contribution is 0.0302. The standard InChI is InChI=1S/C10H14N4O2/c11-5-9-12-6-8(7-13-9)10(15)14-1-3-16-4-2-14/h6-7H,1-5,11H2. The van der Waals surface area contributed by atoms with E-state index in [9.17, 15) is 4.79 Å². The number of hydrogen-bond acceptors (Lipinski definition) is 5. The van der Waals surface area contributed by atoms with E-state index in [0.717, 1.165) is 0 Å². The van der Waals surface area contributed by atoms with Crippen LogP contribution in [0.4, 0.5) is 0 Å². The van der Waals surface area contributed by atoms with Crippen molar-refractivity contribution in [1.82, 2.24) is 14.9 Å². The average molecular weight is 222 g/mol. The second-order valence-electron chi connectivity index (χ2n) is 3.50. The van der Waals surface area contributed by atoms with Crippen molar-refractivity contribution in [1.29, 1.82) is 0 Å². The van der Waals surface area contributed by atoms with Crippen LogP contribution in [0.5, 0.6) is 0 Å². The van der Waals surface area contributed by atoms with Crippen molar-refractivity contribution in [3.63, 3.8) is 0 Å². The fraction of sp³-hybridized carbons (Fsp3) is 0.500. The summed E-state index contributed by atoms with van der Waals surface area (Å²) >= 11 is 0. The van der Waals surface area contributed by atoms with Crippen LogP contribution >= 0.6 is 0 Å². The SMILES string of the molecule is NCc1ncc(C(=O)N2CCOCC2)cn1. The average Bonchev–Trinajstić information content (AvgIpc) is 2.39. The lowest BCUT2D eigenvalue weighted by Crippen LogP contribution is -2.40. The second kappa shape index (κ2) is 5.00. The first-order chi connectivity index (χ1) is 7.81. The molecule has 0 saturated carbocycles. The minimum absolute atomic E-state index is 0.0492. The lowest BCUT2D eigenvalue weighted by atomic mass is 10.2. The lowest BCUT2D eigenvalue weighted by Gasteiger charge is -2.26. The molecular weight excluding hydrogens is 208 g/mol. The topological polar surface area (TPSA) is 81.3 Å². The van der Waals surface area contributed by atoms with E-state index >= 15 is 0 Å². The zero-order valence-corrected chi connectivity index (χ0v) is 8.93. The minimum Gasteiger partial charge on any atom is -0.378 e. The fourth-order valence-corrected chi connectivity index (χ4v) is 1.52. The van der Waals surface area contributed by atoms with Crippen LogP contribution in [-0.2, 0) is 11.3 Å². The van der Waals surface area contributed by atoms with E-state index in [2.05, 4.69) is 9.97 Å². The van der Waals surface area contributed by atoms with Gasteiger partial charge in [-0.05, 0) is 0 Å². The molecule has 1 amide bonds. The molecule has 1 saturated heterocycles. The third-order valence-electron chi connectivity index (χ3n) is 2.43. The largest absolute Gasteiger partial charge is 0.378 e. The highest BCUT2D eigenvalue weighted by Gasteiger charge is 2.18. The van der Waals surface area contributed by atoms with Gasteiger partial charge >= 0.3 is 0 Å². The third kappa shape index (κ3) is 2.34. The molecule has 1 fully saturated rings. The Morgan fingerprint density at radius 1 is 1.38 bits per heavy atom. The first-order valence-corrected chi connectivity index (χ1v) is 5.19. The molecule has 1 aromatic heterocycles. The van der Waals surface area contributed by atoms with Crippen molar-refractivity contribution >= 4 is 5.91 Å². The van der Waals surface area contributed by atoms with E-state index in [1.165, 1.54) is 12.4 Å². The van der Waals surface area contributed by atoms with Gasteiger partial charge in [-0.1, -0.05) is 0 Å². The van der Waals surface area contributed by atoms with Crippen molar-refractivity contribution in [2.24, 2.45) is 5.73 Å². The van der Waals surface area contributed by atoms with Gasteiger partial charge in [0.05, 0.1) is 25.3 Å². The Kier molecular flexibility index (Phi) is 3.43. The summed E-state index contributed by atoms with van der Waals surface area (Å²) in [6, 6.07) is 0. The quantitative estimate of drug-likeness (QED) is 0.723. The van der Waals surface area contributed by atoms with Gasteiger partial charge in [-0.2, -0.15) is 0 Å². The number of amides is 1. The number of morpholine rings is 1. The molecule has 0 atom stereocenters. The monoisotopic (exact) mass is 222 g/mol. The molecule has 2 rings (SSSR count). The molecule has 2 N–H and O–H groups in total. The van der Waals surface area contributed by atoms with Crippen LogP contribution in [-0.4, -0.2) is 47.1 Å². The predicted molar refractivity (Wildman–Crippen MR) is 56.6 cm³/mol. The van der Waals surface area contributed by atoms with Gasteiger partial charge in [0.25, 0.3) is 5.91 Å². The number of carbonyl (C=O) groups excluding carboxylic acids is 1. The first-order valence-electron chi connectivity index (χ1n) is 5.19. The van der Waals surface area contributed by atoms with Gasteiger partial charge in [0.1, 0.15) is 5.82 Å². The Hall–Kier alpha value is -1.53. The summed E-state index contributed by atoms with van der Waals surface area (Å²) in [4.78, 5) is 21.7. The van der Waals surface area contributed by atoms with E-state index in [-0.39, 0.29) is 12.5 Å². The number of aromatic nitrogens is 2. The number of carbonyl (C=O) groups is 1. The van der Waals surface area contributed by atoms with Gasteiger partial charge in [-0.15, -0.1) is 0 Å². The number of rotatable bonds is 2. The number of nitrogens with zero attached hydrogens (tertiary/aromatic N) is 3. The molecule has 0 aromatic carbocycles. The maximum atomic E-state index is 12.0. The molecule has 1 aliphatic heterocycles. The van der Waals surface area contributed by atoms with Crippen LogP contribution in [0.2, 0.25) is 0 Å². The Bertz CT molecular complexity index is 360. The molecule has 16 heavy (non-hydrogen) atoms. The van der Waals surface area contributed by atoms with Gasteiger partial charge in [0.2, 0.25) is 0 Å². The summed E-state index contributed by atoms with van der Waals surface area (Å²) in [6.07, 6.45) is 3.04. The molecule has 1 aliphatic rings. The first kappa shape index (κ1) is 11.0. The van der Waals surface area contributed by atoms with E-state index in [0.29, 0.717) is 37.7 Å². The molecule has 86 valence electrons. The second-order valence-corrected chi connectivity index (χ2v) is 3.50. The molecule has 0 bridgehead atoms. The highest BCUT2D eigenvalue weighted by molar-refractivity contribution is 5.93. The van der Waals surface area contributed by atoms with Crippen molar-refractivity contribution in [2.75, 3.05) is 26.3 Å². The minimum atomic E-state index is -0.0492. The Balaban J connectivity index is 2.07. The van der Waals surface area contributed by atoms with Crippen LogP contribution in [0.25, 0.3) is 0 Å². The van der Waals surface area contributed by atoms with Crippen molar-refractivity contribution in [2.45, 2.75) is 6.54 Å². The van der Waals surface area contributed by atoms with Gasteiger partial charge in [-0.3, -0.25) is 4.79 Å². The number of nitrogens with two attached hydrogens (primary N) is 1. The van der Waals surface area contributed by atoms with Crippen molar-refractivity contribution in [3.05, 3.63) is 23.8 Å². The third-order valence-corrected chi connectivity index (χ3v) is 2.43. The summed E-state index contributed by atoms with van der Waals surface area (Å²) in [7, 11) is 0. The van der Waals surface area contributed by atoms with Crippen LogP contribution in [0.1, 0.15) is 16.2 Å². The molecule has 1 aromatic rings. The van der Waals surface area contributed by atoms with Gasteiger partial charge in [0, 0.05) is 25.5 Å². The van der Waals surface area contributed by atoms with Crippen molar-refractivity contribution < 1.29 is 9.53 Å². The molecule has 6 heteroatoms. The molecule has 0 aliphatic carbocycles. The Morgan fingerprint density at radius 2 is 2.00 bits per heavy atom. The molecular formula is C10H14N4O2. The summed E-state index contributed by atoms with van der Waals surface area (Å²) in [5.41, 5.74) is 5.88. The number of hydrogen-bond donors (Lipinski definition) is 1. The highest BCUT2D eigenvalue weighted by Crippen LogP contribution is 2.05. The van der Waals surface area contributed by atoms with Gasteiger partial charge in [-0.25, -0.2) is 9.97 Å². The van der Waals surface area contributed by atoms with Crippen LogP contribution in [0.3, 0.4) is 0 Å². The molecule has 0 unspecified atom stereocenters. The smallest absolute Gasteiger partial charge is 0.257 e. The van der Waals surface area contributed by atoms with Gasteiger partial charge < -0.3 is 15.4 Å². The Morgan fingerprint density at radius 3 is 2.56 bits per heavy atom. The van der Waals surface area contributed by atoms with Crippen LogP contribution in [0.15, 0.2) is 12.4 Å². The zero-order valence-electron chi connectivity index (χ0n) is 8.93. The van der Waals surface area contributed by atoms with Crippen molar-refractivity contribution in [3.8, 4) is 0 Å². The predicted octanol–water partition coefficient (Wildman–Crippen LogP) is -0.592. The van der Waals surface area contributed by atoms with Crippen LogP contribution in [0, 0.1) is 0 Å². The molecule has 2 heterocycles. The molecule has 0 spiro atoms. The van der Waals surface area contributed by atoms with E-state index in [1.54, 1.807) is 4.90 Å². The molecule has 0 radical (unpaired) electrons. The fourth-order valence-electron chi connectivity index (χ4n) is 1.52. The summed E-state index contributed by atoms with van der Waals surface area (Å²) in [5.74, 6) is 0.491. The van der Waals surface area contributed by atoms with E-state index < -0.39 is 0 Å². The highest BCUT2D eigenvalue weighted by atomic mass is 16.5. The summed E-state index contributed by atoms with van der Waals surface area (Å²) < 4.78 is 5.18. The summed E-state index contributed by atoms with van der Waals surface area (Å²) in [5, 5.41) is 0. The normalized spacial score (nSPS) is 16.2. The zero-order chi connectivity index (χ0) is 11.4. The maximum Gasteiger partial charge on any atom is 0.257 e. The van der Waals surface area contributed by atoms with Gasteiger partial charge in [0.15, 0.2) is 0 Å². The maximum absolute atomic E-state index is 12.0. The van der Waals surface area contributed by atoms with Crippen LogP contribution < -0.4 is 5.73 Å². The van der Waals surface area contributed by atoms with E-state index in [1.807, 2.05) is 0 Å². The number of ether oxygens (including phenoxy) is 1. The Labute approximate surface area is 93.4 Å². The van der Waals surface area contributed by atoms with E-state index in [4.69, 9.17) is 10.5 Å². The molecule has 6 nitrogen and oxygen atoms in total. The summed E-state index contributed by atoms with van der Waals surface area (Å²) in [6.45, 7) is 2.71.